The molecule has 4 heteroatoms. The first kappa shape index (κ1) is 12.7. The Bertz CT molecular complexity index is 213. The summed E-state index contributed by atoms with van der Waals surface area (Å²) in [7, 11) is 0. The lowest BCUT2D eigenvalue weighted by molar-refractivity contribution is 0.237. The van der Waals surface area contributed by atoms with Gasteiger partial charge in [-0.25, -0.2) is 4.79 Å². The van der Waals surface area contributed by atoms with Crippen LogP contribution < -0.4 is 10.6 Å². The van der Waals surface area contributed by atoms with E-state index in [1.807, 2.05) is 25.6 Å². The number of hydrogen-bond donors (Lipinski definition) is 2. The molecule has 1 aliphatic carbocycles. The number of rotatable bonds is 4. The lowest BCUT2D eigenvalue weighted by atomic mass is 10.1. The van der Waals surface area contributed by atoms with Crippen LogP contribution >= 0.6 is 11.8 Å². The fourth-order valence-electron chi connectivity index (χ4n) is 2.03. The molecule has 3 nitrogen and oxygen atoms in total. The van der Waals surface area contributed by atoms with Gasteiger partial charge in [-0.05, 0) is 32.9 Å². The monoisotopic (exact) mass is 230 g/mol. The van der Waals surface area contributed by atoms with Gasteiger partial charge in [0.25, 0.3) is 0 Å². The molecule has 15 heavy (non-hydrogen) atoms. The summed E-state index contributed by atoms with van der Waals surface area (Å²) < 4.78 is 0.300. The Balaban J connectivity index is 2.31. The van der Waals surface area contributed by atoms with Crippen LogP contribution in [-0.4, -0.2) is 29.6 Å². The Hall–Kier alpha value is -0.380. The van der Waals surface area contributed by atoms with Crippen LogP contribution in [0.25, 0.3) is 0 Å². The maximum Gasteiger partial charge on any atom is 0.315 e. The van der Waals surface area contributed by atoms with Gasteiger partial charge >= 0.3 is 6.03 Å². The van der Waals surface area contributed by atoms with E-state index in [1.165, 1.54) is 25.7 Å². The molecule has 2 amide bonds. The Labute approximate surface area is 96.8 Å². The summed E-state index contributed by atoms with van der Waals surface area (Å²) >= 11 is 1.90. The molecule has 1 aliphatic rings. The fourth-order valence-corrected chi connectivity index (χ4v) is 2.94. The molecule has 0 aromatic carbocycles. The highest BCUT2D eigenvalue weighted by atomic mass is 32.2. The molecule has 2 N–H and O–H groups in total. The zero-order valence-corrected chi connectivity index (χ0v) is 10.7. The topological polar surface area (TPSA) is 41.1 Å². The molecule has 0 heterocycles. The van der Waals surface area contributed by atoms with E-state index in [0.29, 0.717) is 4.75 Å². The van der Waals surface area contributed by atoms with Crippen molar-refractivity contribution >= 4 is 17.8 Å². The van der Waals surface area contributed by atoms with Gasteiger partial charge in [-0.2, -0.15) is 11.8 Å². The van der Waals surface area contributed by atoms with Crippen molar-refractivity contribution in [1.29, 1.82) is 0 Å². The van der Waals surface area contributed by atoms with Crippen LogP contribution in [0.5, 0.6) is 0 Å². The van der Waals surface area contributed by atoms with Crippen LogP contribution in [0.3, 0.4) is 0 Å². The number of carbonyl (C=O) groups excluding carboxylic acids is 1. The van der Waals surface area contributed by atoms with Gasteiger partial charge in [-0.3, -0.25) is 0 Å². The molecule has 1 rings (SSSR count). The average molecular weight is 230 g/mol. The SMILES string of the molecule is CSC1(CNC(=O)NC(C)C)CCCC1. The highest BCUT2D eigenvalue weighted by Crippen LogP contribution is 2.39. The zero-order chi connectivity index (χ0) is 11.3. The number of nitrogens with one attached hydrogen (secondary N) is 2. The van der Waals surface area contributed by atoms with E-state index in [2.05, 4.69) is 16.9 Å². The minimum Gasteiger partial charge on any atom is -0.337 e. The molecule has 0 saturated heterocycles. The van der Waals surface area contributed by atoms with Crippen molar-refractivity contribution in [2.45, 2.75) is 50.3 Å². The lowest BCUT2D eigenvalue weighted by Gasteiger charge is -2.27. The van der Waals surface area contributed by atoms with Gasteiger partial charge in [0, 0.05) is 17.3 Å². The third kappa shape index (κ3) is 3.93. The van der Waals surface area contributed by atoms with E-state index >= 15 is 0 Å². The summed E-state index contributed by atoms with van der Waals surface area (Å²) in [5.41, 5.74) is 0. The first-order valence-electron chi connectivity index (χ1n) is 5.67. The van der Waals surface area contributed by atoms with Crippen molar-refractivity contribution in [3.63, 3.8) is 0 Å². The predicted octanol–water partition coefficient (Wildman–Crippen LogP) is 2.37. The van der Waals surface area contributed by atoms with Crippen LogP contribution in [0.1, 0.15) is 39.5 Å². The fraction of sp³-hybridized carbons (Fsp3) is 0.909. The minimum absolute atomic E-state index is 0.0367. The van der Waals surface area contributed by atoms with Crippen molar-refractivity contribution in [1.82, 2.24) is 10.6 Å². The number of thioether (sulfide) groups is 1. The highest BCUT2D eigenvalue weighted by Gasteiger charge is 2.33. The largest absolute Gasteiger partial charge is 0.337 e. The van der Waals surface area contributed by atoms with Crippen molar-refractivity contribution in [3.05, 3.63) is 0 Å². The lowest BCUT2D eigenvalue weighted by Crippen LogP contribution is -2.45. The summed E-state index contributed by atoms with van der Waals surface area (Å²) in [6, 6.07) is 0.170. The van der Waals surface area contributed by atoms with Crippen LogP contribution in [0.2, 0.25) is 0 Å². The molecule has 0 aromatic rings. The average Bonchev–Trinajstić information content (AvgIpc) is 2.63. The molecule has 1 fully saturated rings. The van der Waals surface area contributed by atoms with Gasteiger partial charge < -0.3 is 10.6 Å². The van der Waals surface area contributed by atoms with Gasteiger partial charge in [-0.1, -0.05) is 12.8 Å². The van der Waals surface area contributed by atoms with Gasteiger partial charge in [0.15, 0.2) is 0 Å². The summed E-state index contributed by atoms with van der Waals surface area (Å²) in [6.45, 7) is 4.74. The Morgan fingerprint density at radius 2 is 2.00 bits per heavy atom. The first-order valence-corrected chi connectivity index (χ1v) is 6.90. The maximum absolute atomic E-state index is 11.4. The summed E-state index contributed by atoms with van der Waals surface area (Å²) in [6.07, 6.45) is 7.21. The third-order valence-corrected chi connectivity index (χ3v) is 4.36. The second-order valence-electron chi connectivity index (χ2n) is 4.58. The van der Waals surface area contributed by atoms with Crippen LogP contribution in [0.4, 0.5) is 4.79 Å². The van der Waals surface area contributed by atoms with E-state index < -0.39 is 0 Å². The predicted molar refractivity (Wildman–Crippen MR) is 66.4 cm³/mol. The second kappa shape index (κ2) is 5.64. The number of urea groups is 1. The Kier molecular flexibility index (Phi) is 4.77. The van der Waals surface area contributed by atoms with E-state index in [9.17, 15) is 4.79 Å². The molecule has 0 radical (unpaired) electrons. The molecular weight excluding hydrogens is 208 g/mol. The zero-order valence-electron chi connectivity index (χ0n) is 9.93. The van der Waals surface area contributed by atoms with Gasteiger partial charge in [0.05, 0.1) is 0 Å². The van der Waals surface area contributed by atoms with E-state index in [0.717, 1.165) is 6.54 Å². The summed E-state index contributed by atoms with van der Waals surface area (Å²) in [4.78, 5) is 11.4. The van der Waals surface area contributed by atoms with Crippen molar-refractivity contribution in [2.75, 3.05) is 12.8 Å². The van der Waals surface area contributed by atoms with Crippen molar-refractivity contribution < 1.29 is 4.79 Å². The molecule has 0 spiro atoms. The Morgan fingerprint density at radius 1 is 1.40 bits per heavy atom. The molecule has 0 aromatic heterocycles. The maximum atomic E-state index is 11.4. The third-order valence-electron chi connectivity index (χ3n) is 2.94. The molecule has 0 unspecified atom stereocenters. The summed E-state index contributed by atoms with van der Waals surface area (Å²) in [5.74, 6) is 0. The molecule has 0 bridgehead atoms. The Morgan fingerprint density at radius 3 is 2.47 bits per heavy atom. The van der Waals surface area contributed by atoms with Crippen molar-refractivity contribution in [2.24, 2.45) is 0 Å². The molecule has 0 aliphatic heterocycles. The number of carbonyl (C=O) groups is 1. The van der Waals surface area contributed by atoms with Crippen LogP contribution in [0, 0.1) is 0 Å². The smallest absolute Gasteiger partial charge is 0.315 e. The quantitative estimate of drug-likeness (QED) is 0.778. The van der Waals surface area contributed by atoms with Gasteiger partial charge in [-0.15, -0.1) is 0 Å². The van der Waals surface area contributed by atoms with E-state index in [4.69, 9.17) is 0 Å². The molecule has 88 valence electrons. The second-order valence-corrected chi connectivity index (χ2v) is 5.85. The molecule has 0 atom stereocenters. The molecular formula is C11H22N2OS. The van der Waals surface area contributed by atoms with E-state index in [-0.39, 0.29) is 12.1 Å². The van der Waals surface area contributed by atoms with Crippen LogP contribution in [0.15, 0.2) is 0 Å². The number of amides is 2. The van der Waals surface area contributed by atoms with Crippen molar-refractivity contribution in [3.8, 4) is 0 Å². The minimum atomic E-state index is -0.0367. The molecule has 1 saturated carbocycles. The van der Waals surface area contributed by atoms with Gasteiger partial charge in [0.2, 0.25) is 0 Å². The normalized spacial score (nSPS) is 19.2. The van der Waals surface area contributed by atoms with Crippen LogP contribution in [-0.2, 0) is 0 Å². The number of hydrogen-bond acceptors (Lipinski definition) is 2. The first-order chi connectivity index (χ1) is 7.08. The highest BCUT2D eigenvalue weighted by molar-refractivity contribution is 8.00. The van der Waals surface area contributed by atoms with Gasteiger partial charge in [0.1, 0.15) is 0 Å². The summed E-state index contributed by atoms with van der Waals surface area (Å²) in [5, 5.41) is 5.83. The van der Waals surface area contributed by atoms with E-state index in [1.54, 1.807) is 0 Å². The standard InChI is InChI=1S/C11H22N2OS/c1-9(2)13-10(14)12-8-11(15-3)6-4-5-7-11/h9H,4-8H2,1-3H3,(H2,12,13,14).